The van der Waals surface area contributed by atoms with E-state index in [1.165, 1.54) is 0 Å². The molecule has 1 fully saturated rings. The Labute approximate surface area is 100 Å². The van der Waals surface area contributed by atoms with Crippen LogP contribution in [0.5, 0.6) is 5.75 Å². The van der Waals surface area contributed by atoms with Crippen molar-refractivity contribution in [2.24, 2.45) is 11.7 Å². The van der Waals surface area contributed by atoms with Crippen molar-refractivity contribution >= 4 is 5.97 Å². The fourth-order valence-electron chi connectivity index (χ4n) is 2.21. The minimum absolute atomic E-state index is 0.0489. The van der Waals surface area contributed by atoms with Gasteiger partial charge in [0.15, 0.2) is 0 Å². The van der Waals surface area contributed by atoms with Gasteiger partial charge >= 0.3 is 5.97 Å². The second-order valence-corrected chi connectivity index (χ2v) is 4.63. The van der Waals surface area contributed by atoms with E-state index >= 15 is 0 Å². The first kappa shape index (κ1) is 11.9. The molecule has 1 aliphatic rings. The zero-order valence-electron chi connectivity index (χ0n) is 10.1. The molecule has 0 aromatic heterocycles. The first-order chi connectivity index (χ1) is 8.00. The van der Waals surface area contributed by atoms with Crippen LogP contribution in [0, 0.1) is 12.8 Å². The maximum Gasteiger partial charge on any atom is 0.328 e. The molecule has 17 heavy (non-hydrogen) atoms. The van der Waals surface area contributed by atoms with E-state index in [0.717, 1.165) is 24.2 Å². The van der Waals surface area contributed by atoms with Crippen molar-refractivity contribution in [1.29, 1.82) is 0 Å². The number of aryl methyl sites for hydroxylation is 1. The Bertz CT molecular complexity index is 454. The summed E-state index contributed by atoms with van der Waals surface area (Å²) in [6.07, 6.45) is 1.77. The van der Waals surface area contributed by atoms with Gasteiger partial charge in [0.25, 0.3) is 0 Å². The Morgan fingerprint density at radius 2 is 2.18 bits per heavy atom. The Morgan fingerprint density at radius 1 is 1.53 bits per heavy atom. The van der Waals surface area contributed by atoms with Gasteiger partial charge in [0.05, 0.1) is 7.11 Å². The number of methoxy groups -OCH3 is 1. The van der Waals surface area contributed by atoms with E-state index in [2.05, 4.69) is 0 Å². The first-order valence-electron chi connectivity index (χ1n) is 5.67. The summed E-state index contributed by atoms with van der Waals surface area (Å²) >= 11 is 0. The summed E-state index contributed by atoms with van der Waals surface area (Å²) in [5.74, 6) is -0.158. The summed E-state index contributed by atoms with van der Waals surface area (Å²) in [5.41, 5.74) is 6.40. The smallest absolute Gasteiger partial charge is 0.328 e. The van der Waals surface area contributed by atoms with E-state index in [1.54, 1.807) is 19.2 Å². The molecule has 4 heteroatoms. The Balaban J connectivity index is 2.44. The van der Waals surface area contributed by atoms with Crippen LogP contribution >= 0.6 is 0 Å². The van der Waals surface area contributed by atoms with E-state index in [9.17, 15) is 9.90 Å². The molecule has 4 nitrogen and oxygen atoms in total. The molecule has 1 aromatic rings. The third-order valence-corrected chi connectivity index (χ3v) is 3.45. The van der Waals surface area contributed by atoms with E-state index < -0.39 is 11.5 Å². The molecule has 92 valence electrons. The number of rotatable bonds is 4. The van der Waals surface area contributed by atoms with Crippen molar-refractivity contribution in [1.82, 2.24) is 0 Å². The number of benzene rings is 1. The SMILES string of the molecule is COc1ccc(C(N)(C(=O)O)C2CC2)cc1C. The van der Waals surface area contributed by atoms with Gasteiger partial charge in [0, 0.05) is 0 Å². The second-order valence-electron chi connectivity index (χ2n) is 4.63. The summed E-state index contributed by atoms with van der Waals surface area (Å²) in [4.78, 5) is 11.4. The largest absolute Gasteiger partial charge is 0.496 e. The highest BCUT2D eigenvalue weighted by Gasteiger charge is 2.49. The number of hydrogen-bond donors (Lipinski definition) is 2. The summed E-state index contributed by atoms with van der Waals surface area (Å²) in [6, 6.07) is 5.33. The topological polar surface area (TPSA) is 72.5 Å². The average Bonchev–Trinajstić information content (AvgIpc) is 3.11. The van der Waals surface area contributed by atoms with E-state index in [4.69, 9.17) is 10.5 Å². The molecule has 1 atom stereocenters. The van der Waals surface area contributed by atoms with Gasteiger partial charge in [-0.3, -0.25) is 0 Å². The molecule has 1 aliphatic carbocycles. The zero-order chi connectivity index (χ0) is 12.6. The molecule has 0 aliphatic heterocycles. The average molecular weight is 235 g/mol. The maximum absolute atomic E-state index is 11.4. The van der Waals surface area contributed by atoms with Crippen LogP contribution in [0.3, 0.4) is 0 Å². The summed E-state index contributed by atoms with van der Waals surface area (Å²) in [6.45, 7) is 1.89. The number of hydrogen-bond acceptors (Lipinski definition) is 3. The minimum Gasteiger partial charge on any atom is -0.496 e. The van der Waals surface area contributed by atoms with Gasteiger partial charge < -0.3 is 15.6 Å². The van der Waals surface area contributed by atoms with Gasteiger partial charge in [-0.2, -0.15) is 0 Å². The molecular weight excluding hydrogens is 218 g/mol. The Kier molecular flexibility index (Phi) is 2.83. The van der Waals surface area contributed by atoms with Crippen molar-refractivity contribution in [3.8, 4) is 5.75 Å². The number of carboxylic acids is 1. The van der Waals surface area contributed by atoms with Crippen molar-refractivity contribution in [2.75, 3.05) is 7.11 Å². The second kappa shape index (κ2) is 4.04. The van der Waals surface area contributed by atoms with Gasteiger partial charge in [0.2, 0.25) is 0 Å². The van der Waals surface area contributed by atoms with Crippen molar-refractivity contribution < 1.29 is 14.6 Å². The molecule has 1 unspecified atom stereocenters. The predicted octanol–water partition coefficient (Wildman–Crippen LogP) is 1.65. The number of carboxylic acid groups (broad SMARTS) is 1. The first-order valence-corrected chi connectivity index (χ1v) is 5.67. The lowest BCUT2D eigenvalue weighted by Gasteiger charge is -2.25. The van der Waals surface area contributed by atoms with Gasteiger partial charge in [-0.1, -0.05) is 6.07 Å². The fourth-order valence-corrected chi connectivity index (χ4v) is 2.21. The van der Waals surface area contributed by atoms with Crippen LogP contribution < -0.4 is 10.5 Å². The number of carbonyl (C=O) groups is 1. The standard InChI is InChI=1S/C13H17NO3/c1-8-7-10(5-6-11(8)17-2)13(14,12(15)16)9-3-4-9/h5-7,9H,3-4,14H2,1-2H3,(H,15,16). The van der Waals surface area contributed by atoms with Crippen LogP contribution in [0.15, 0.2) is 18.2 Å². The lowest BCUT2D eigenvalue weighted by molar-refractivity contribution is -0.144. The molecule has 1 saturated carbocycles. The Hall–Kier alpha value is -1.55. The molecule has 0 heterocycles. The summed E-state index contributed by atoms with van der Waals surface area (Å²) in [5, 5.41) is 9.36. The lowest BCUT2D eigenvalue weighted by Crippen LogP contribution is -2.47. The number of ether oxygens (including phenoxy) is 1. The van der Waals surface area contributed by atoms with Gasteiger partial charge in [0.1, 0.15) is 11.3 Å². The molecule has 0 spiro atoms. The van der Waals surface area contributed by atoms with Crippen LogP contribution in [0.1, 0.15) is 24.0 Å². The number of nitrogens with two attached hydrogens (primary N) is 1. The summed E-state index contributed by atoms with van der Waals surface area (Å²) < 4.78 is 5.16. The molecule has 0 saturated heterocycles. The number of aliphatic carboxylic acids is 1. The molecule has 0 bridgehead atoms. The van der Waals surface area contributed by atoms with E-state index in [1.807, 2.05) is 13.0 Å². The van der Waals surface area contributed by atoms with Crippen LogP contribution in [0.4, 0.5) is 0 Å². The molecule has 1 aromatic carbocycles. The fraction of sp³-hybridized carbons (Fsp3) is 0.462. The van der Waals surface area contributed by atoms with Crippen molar-refractivity contribution in [2.45, 2.75) is 25.3 Å². The van der Waals surface area contributed by atoms with Crippen molar-refractivity contribution in [3.63, 3.8) is 0 Å². The van der Waals surface area contributed by atoms with Gasteiger partial charge in [-0.05, 0) is 48.9 Å². The summed E-state index contributed by atoms with van der Waals surface area (Å²) in [7, 11) is 1.59. The molecular formula is C13H17NO3. The van der Waals surface area contributed by atoms with Gasteiger partial charge in [-0.15, -0.1) is 0 Å². The molecule has 2 rings (SSSR count). The zero-order valence-corrected chi connectivity index (χ0v) is 10.1. The quantitative estimate of drug-likeness (QED) is 0.832. The van der Waals surface area contributed by atoms with E-state index in [-0.39, 0.29) is 5.92 Å². The highest BCUT2D eigenvalue weighted by Crippen LogP contribution is 2.44. The molecule has 3 N–H and O–H groups in total. The lowest BCUT2D eigenvalue weighted by atomic mass is 9.85. The van der Waals surface area contributed by atoms with Crippen LogP contribution in [-0.4, -0.2) is 18.2 Å². The van der Waals surface area contributed by atoms with Crippen LogP contribution in [0.25, 0.3) is 0 Å². The van der Waals surface area contributed by atoms with Crippen molar-refractivity contribution in [3.05, 3.63) is 29.3 Å². The van der Waals surface area contributed by atoms with E-state index in [0.29, 0.717) is 5.56 Å². The highest BCUT2D eigenvalue weighted by molar-refractivity contribution is 5.81. The van der Waals surface area contributed by atoms with Gasteiger partial charge in [-0.25, -0.2) is 4.79 Å². The predicted molar refractivity (Wildman–Crippen MR) is 64.0 cm³/mol. The van der Waals surface area contributed by atoms with Crippen LogP contribution in [0.2, 0.25) is 0 Å². The Morgan fingerprint density at radius 3 is 2.59 bits per heavy atom. The molecule has 0 amide bonds. The monoisotopic (exact) mass is 235 g/mol. The van der Waals surface area contributed by atoms with Crippen LogP contribution in [-0.2, 0) is 10.3 Å². The normalized spacial score (nSPS) is 18.5. The molecule has 0 radical (unpaired) electrons. The highest BCUT2D eigenvalue weighted by atomic mass is 16.5. The third-order valence-electron chi connectivity index (χ3n) is 3.45. The minimum atomic E-state index is -1.25. The third kappa shape index (κ3) is 1.89. The maximum atomic E-state index is 11.4.